The summed E-state index contributed by atoms with van der Waals surface area (Å²) in [6.07, 6.45) is 3.98. The zero-order valence-corrected chi connectivity index (χ0v) is 14.8. The lowest BCUT2D eigenvalue weighted by atomic mass is 10.3. The van der Waals surface area contributed by atoms with Crippen LogP contribution < -0.4 is 0 Å². The molecule has 22 heavy (non-hydrogen) atoms. The van der Waals surface area contributed by atoms with E-state index >= 15 is 0 Å². The molecule has 5 heteroatoms. The Morgan fingerprint density at radius 3 is 2.86 bits per heavy atom. The molecule has 1 unspecified atom stereocenters. The molecule has 0 spiro atoms. The van der Waals surface area contributed by atoms with Gasteiger partial charge in [0.1, 0.15) is 5.76 Å². The highest BCUT2D eigenvalue weighted by atomic mass is 32.2. The van der Waals surface area contributed by atoms with Crippen LogP contribution in [0.25, 0.3) is 0 Å². The highest BCUT2D eigenvalue weighted by Crippen LogP contribution is 2.20. The third kappa shape index (κ3) is 5.21. The fourth-order valence-electron chi connectivity index (χ4n) is 2.13. The van der Waals surface area contributed by atoms with Crippen LogP contribution in [0.1, 0.15) is 37.3 Å². The fraction of sp³-hybridized carbons (Fsp3) is 0.471. The van der Waals surface area contributed by atoms with Crippen molar-refractivity contribution in [2.45, 2.75) is 45.0 Å². The van der Waals surface area contributed by atoms with Crippen LogP contribution in [-0.2, 0) is 17.9 Å². The molecule has 0 bridgehead atoms. The molecule has 1 atom stereocenters. The molecule has 0 fully saturated rings. The van der Waals surface area contributed by atoms with E-state index in [-0.39, 0.29) is 11.2 Å². The van der Waals surface area contributed by atoms with E-state index in [0.29, 0.717) is 13.1 Å². The summed E-state index contributed by atoms with van der Waals surface area (Å²) in [5, 5.41) is 2.03. The van der Waals surface area contributed by atoms with Gasteiger partial charge < -0.3 is 9.32 Å². The van der Waals surface area contributed by atoms with Crippen molar-refractivity contribution in [2.24, 2.45) is 0 Å². The minimum atomic E-state index is -0.0125. The topological polar surface area (TPSA) is 33.5 Å². The van der Waals surface area contributed by atoms with Gasteiger partial charge in [0.05, 0.1) is 24.6 Å². The first-order valence-electron chi connectivity index (χ1n) is 7.66. The van der Waals surface area contributed by atoms with Crippen LogP contribution in [0.3, 0.4) is 0 Å². The van der Waals surface area contributed by atoms with Gasteiger partial charge in [0, 0.05) is 4.88 Å². The number of hydrogen-bond acceptors (Lipinski definition) is 4. The van der Waals surface area contributed by atoms with Crippen molar-refractivity contribution in [3.63, 3.8) is 0 Å². The van der Waals surface area contributed by atoms with Crippen molar-refractivity contribution in [2.75, 3.05) is 5.75 Å². The molecule has 1 amide bonds. The number of carbonyl (C=O) groups is 1. The van der Waals surface area contributed by atoms with Crippen LogP contribution in [0.4, 0.5) is 0 Å². The highest BCUT2D eigenvalue weighted by Gasteiger charge is 2.22. The van der Waals surface area contributed by atoms with E-state index < -0.39 is 0 Å². The van der Waals surface area contributed by atoms with E-state index in [1.54, 1.807) is 29.4 Å². The monoisotopic (exact) mass is 337 g/mol. The first-order valence-corrected chi connectivity index (χ1v) is 9.58. The second-order valence-corrected chi connectivity index (χ2v) is 7.70. The molecule has 3 nitrogen and oxygen atoms in total. The molecule has 0 aliphatic heterocycles. The van der Waals surface area contributed by atoms with E-state index in [1.165, 1.54) is 11.3 Å². The zero-order chi connectivity index (χ0) is 15.8. The lowest BCUT2D eigenvalue weighted by Gasteiger charge is -2.24. The Kier molecular flexibility index (Phi) is 7.06. The summed E-state index contributed by atoms with van der Waals surface area (Å²) in [4.78, 5) is 15.9. The van der Waals surface area contributed by atoms with Gasteiger partial charge in [-0.25, -0.2) is 0 Å². The molecule has 2 aromatic rings. The SMILES string of the molecule is CCCCSC(C)C(=O)N(Cc1ccco1)Cc1cccs1. The lowest BCUT2D eigenvalue weighted by molar-refractivity contribution is -0.131. The van der Waals surface area contributed by atoms with Gasteiger partial charge in [-0.2, -0.15) is 0 Å². The lowest BCUT2D eigenvalue weighted by Crippen LogP contribution is -2.35. The van der Waals surface area contributed by atoms with Crippen molar-refractivity contribution in [1.29, 1.82) is 0 Å². The molecule has 120 valence electrons. The van der Waals surface area contributed by atoms with Crippen LogP contribution in [0.5, 0.6) is 0 Å². The molecule has 2 heterocycles. The van der Waals surface area contributed by atoms with Gasteiger partial charge in [0.15, 0.2) is 0 Å². The largest absolute Gasteiger partial charge is 0.467 e. The maximum atomic E-state index is 12.8. The average molecular weight is 338 g/mol. The van der Waals surface area contributed by atoms with Gasteiger partial charge in [-0.3, -0.25) is 4.79 Å². The molecular weight excluding hydrogens is 314 g/mol. The third-order valence-corrected chi connectivity index (χ3v) is 5.47. The molecule has 2 aromatic heterocycles. The summed E-state index contributed by atoms with van der Waals surface area (Å²) in [6, 6.07) is 7.88. The Balaban J connectivity index is 2.00. The minimum absolute atomic E-state index is 0.0125. The number of nitrogens with zero attached hydrogens (tertiary/aromatic N) is 1. The molecule has 0 aliphatic rings. The zero-order valence-electron chi connectivity index (χ0n) is 13.2. The number of unbranched alkanes of at least 4 members (excludes halogenated alkanes) is 1. The third-order valence-electron chi connectivity index (χ3n) is 3.38. The fourth-order valence-corrected chi connectivity index (χ4v) is 3.95. The standard InChI is InChI=1S/C17H23NO2S2/c1-3-4-10-21-14(2)17(19)18(12-15-7-5-9-20-15)13-16-8-6-11-22-16/h5-9,11,14H,3-4,10,12-13H2,1-2H3. The predicted octanol–water partition coefficient (Wildman–Crippen LogP) is 4.79. The Hall–Kier alpha value is -1.20. The van der Waals surface area contributed by atoms with Crippen molar-refractivity contribution < 1.29 is 9.21 Å². The van der Waals surface area contributed by atoms with E-state index in [2.05, 4.69) is 13.0 Å². The molecule has 0 aliphatic carbocycles. The summed E-state index contributed by atoms with van der Waals surface area (Å²) in [5.74, 6) is 2.05. The summed E-state index contributed by atoms with van der Waals surface area (Å²) in [6.45, 7) is 5.36. The van der Waals surface area contributed by atoms with Gasteiger partial charge in [0.2, 0.25) is 5.91 Å². The Labute approximate surface area is 140 Å². The molecule has 0 saturated carbocycles. The molecule has 0 radical (unpaired) electrons. The van der Waals surface area contributed by atoms with E-state index in [0.717, 1.165) is 17.9 Å². The number of amides is 1. The average Bonchev–Trinajstić information content (AvgIpc) is 3.19. The Morgan fingerprint density at radius 1 is 1.36 bits per heavy atom. The van der Waals surface area contributed by atoms with Gasteiger partial charge in [-0.1, -0.05) is 19.4 Å². The van der Waals surface area contributed by atoms with Crippen molar-refractivity contribution in [1.82, 2.24) is 4.90 Å². The van der Waals surface area contributed by atoms with Crippen molar-refractivity contribution in [3.05, 3.63) is 46.5 Å². The summed E-state index contributed by atoms with van der Waals surface area (Å²) in [7, 11) is 0. The van der Waals surface area contributed by atoms with E-state index in [1.807, 2.05) is 35.4 Å². The van der Waals surface area contributed by atoms with Crippen LogP contribution in [0.2, 0.25) is 0 Å². The van der Waals surface area contributed by atoms with Crippen molar-refractivity contribution >= 4 is 29.0 Å². The molecule has 0 aromatic carbocycles. The number of hydrogen-bond donors (Lipinski definition) is 0. The Morgan fingerprint density at radius 2 is 2.23 bits per heavy atom. The number of furan rings is 1. The van der Waals surface area contributed by atoms with Crippen LogP contribution in [0.15, 0.2) is 40.3 Å². The molecule has 0 saturated heterocycles. The number of thioether (sulfide) groups is 1. The second-order valence-electron chi connectivity index (χ2n) is 5.22. The minimum Gasteiger partial charge on any atom is -0.467 e. The highest BCUT2D eigenvalue weighted by molar-refractivity contribution is 8.00. The maximum absolute atomic E-state index is 12.8. The van der Waals surface area contributed by atoms with E-state index in [9.17, 15) is 4.79 Å². The van der Waals surface area contributed by atoms with Gasteiger partial charge in [-0.05, 0) is 42.7 Å². The van der Waals surface area contributed by atoms with Crippen LogP contribution in [0, 0.1) is 0 Å². The molecule has 2 rings (SSSR count). The smallest absolute Gasteiger partial charge is 0.236 e. The number of carbonyl (C=O) groups excluding carboxylic acids is 1. The first-order chi connectivity index (χ1) is 10.7. The maximum Gasteiger partial charge on any atom is 0.236 e. The van der Waals surface area contributed by atoms with E-state index in [4.69, 9.17) is 4.42 Å². The van der Waals surface area contributed by atoms with Gasteiger partial charge in [-0.15, -0.1) is 23.1 Å². The van der Waals surface area contributed by atoms with Crippen molar-refractivity contribution in [3.8, 4) is 0 Å². The number of thiophene rings is 1. The molecular formula is C17H23NO2S2. The normalized spacial score (nSPS) is 12.3. The van der Waals surface area contributed by atoms with Crippen LogP contribution in [-0.4, -0.2) is 21.8 Å². The summed E-state index contributed by atoms with van der Waals surface area (Å²) < 4.78 is 5.41. The van der Waals surface area contributed by atoms with Gasteiger partial charge in [0.25, 0.3) is 0 Å². The first kappa shape index (κ1) is 17.2. The Bertz CT molecular complexity index is 501. The predicted molar refractivity (Wildman–Crippen MR) is 94.1 cm³/mol. The quantitative estimate of drug-likeness (QED) is 0.617. The summed E-state index contributed by atoms with van der Waals surface area (Å²) in [5.41, 5.74) is 0. The van der Waals surface area contributed by atoms with Crippen LogP contribution >= 0.6 is 23.1 Å². The number of rotatable bonds is 9. The molecule has 0 N–H and O–H groups in total. The second kappa shape index (κ2) is 9.06. The van der Waals surface area contributed by atoms with Gasteiger partial charge >= 0.3 is 0 Å². The summed E-state index contributed by atoms with van der Waals surface area (Å²) >= 11 is 3.43.